The fourth-order valence-electron chi connectivity index (χ4n) is 1.93. The number of hydroxylamine groups is 1. The molecule has 0 aliphatic heterocycles. The summed E-state index contributed by atoms with van der Waals surface area (Å²) in [7, 11) is 0. The molecule has 0 unspecified atom stereocenters. The lowest BCUT2D eigenvalue weighted by Crippen LogP contribution is -2.24. The molecule has 0 aliphatic carbocycles. The maximum atomic E-state index is 11.6. The number of allylic oxidation sites excluding steroid dienone is 1. The SMILES string of the molecule is O=C(COc1ccc(C[N+]([O-])=NO)cc1)N/N=C/C=C/c1ccccc1. The molecule has 26 heavy (non-hydrogen) atoms. The van der Waals surface area contributed by atoms with E-state index in [4.69, 9.17) is 9.94 Å². The first-order valence-electron chi connectivity index (χ1n) is 7.72. The average Bonchev–Trinajstić information content (AvgIpc) is 2.68. The van der Waals surface area contributed by atoms with Crippen LogP contribution in [0.3, 0.4) is 0 Å². The van der Waals surface area contributed by atoms with Crippen LogP contribution in [0, 0.1) is 5.21 Å². The van der Waals surface area contributed by atoms with Gasteiger partial charge in [0.1, 0.15) is 5.75 Å². The van der Waals surface area contributed by atoms with Crippen molar-refractivity contribution < 1.29 is 19.6 Å². The molecule has 2 rings (SSSR count). The summed E-state index contributed by atoms with van der Waals surface area (Å²) in [4.78, 5) is 11.8. The second-order valence-electron chi connectivity index (χ2n) is 5.12. The molecular formula is C18H18N4O4. The highest BCUT2D eigenvalue weighted by Gasteiger charge is 2.03. The number of carbonyl (C=O) groups excluding carboxylic acids is 1. The van der Waals surface area contributed by atoms with Crippen molar-refractivity contribution in [1.29, 1.82) is 0 Å². The van der Waals surface area contributed by atoms with Crippen molar-refractivity contribution in [3.8, 4) is 5.75 Å². The van der Waals surface area contributed by atoms with Crippen LogP contribution in [0.2, 0.25) is 0 Å². The van der Waals surface area contributed by atoms with Gasteiger partial charge in [0.05, 0.1) is 0 Å². The Morgan fingerprint density at radius 3 is 2.62 bits per heavy atom. The molecule has 2 aromatic rings. The lowest BCUT2D eigenvalue weighted by Gasteiger charge is -2.05. The maximum Gasteiger partial charge on any atom is 0.277 e. The molecule has 2 aromatic carbocycles. The molecule has 8 heteroatoms. The van der Waals surface area contributed by atoms with Gasteiger partial charge < -0.3 is 15.2 Å². The summed E-state index contributed by atoms with van der Waals surface area (Å²) in [6.07, 6.45) is 5.05. The van der Waals surface area contributed by atoms with Gasteiger partial charge in [-0.25, -0.2) is 5.43 Å². The van der Waals surface area contributed by atoms with E-state index in [0.717, 1.165) is 5.56 Å². The van der Waals surface area contributed by atoms with Gasteiger partial charge in [-0.1, -0.05) is 41.3 Å². The number of hydrogen-bond donors (Lipinski definition) is 2. The first-order chi connectivity index (χ1) is 12.7. The minimum absolute atomic E-state index is 0.0809. The van der Waals surface area contributed by atoms with Gasteiger partial charge in [-0.15, -0.1) is 0 Å². The van der Waals surface area contributed by atoms with Gasteiger partial charge in [0.15, 0.2) is 11.9 Å². The zero-order valence-corrected chi connectivity index (χ0v) is 13.9. The quantitative estimate of drug-likeness (QED) is 0.329. The van der Waals surface area contributed by atoms with Gasteiger partial charge in [0.2, 0.25) is 6.54 Å². The van der Waals surface area contributed by atoms with E-state index in [-0.39, 0.29) is 18.0 Å². The van der Waals surface area contributed by atoms with Crippen molar-refractivity contribution in [2.75, 3.05) is 6.61 Å². The van der Waals surface area contributed by atoms with Crippen LogP contribution >= 0.6 is 0 Å². The van der Waals surface area contributed by atoms with Crippen LogP contribution in [-0.4, -0.2) is 28.8 Å². The van der Waals surface area contributed by atoms with E-state index < -0.39 is 5.91 Å². The van der Waals surface area contributed by atoms with E-state index in [0.29, 0.717) is 11.3 Å². The fraction of sp³-hybridized carbons (Fsp3) is 0.111. The van der Waals surface area contributed by atoms with Gasteiger partial charge in [-0.3, -0.25) is 4.79 Å². The molecule has 0 radical (unpaired) electrons. The molecule has 2 N–H and O–H groups in total. The molecule has 8 nitrogen and oxygen atoms in total. The Balaban J connectivity index is 1.71. The number of hydrazone groups is 1. The van der Waals surface area contributed by atoms with Crippen LogP contribution in [0.25, 0.3) is 6.08 Å². The van der Waals surface area contributed by atoms with E-state index in [2.05, 4.69) is 15.8 Å². The summed E-state index contributed by atoms with van der Waals surface area (Å²) in [5.74, 6) is 0.0680. The fourth-order valence-corrected chi connectivity index (χ4v) is 1.93. The Bertz CT molecular complexity index is 787. The highest BCUT2D eigenvalue weighted by molar-refractivity contribution is 5.81. The van der Waals surface area contributed by atoms with E-state index in [9.17, 15) is 10.0 Å². The Morgan fingerprint density at radius 1 is 1.19 bits per heavy atom. The van der Waals surface area contributed by atoms with Crippen molar-refractivity contribution in [2.24, 2.45) is 10.4 Å². The van der Waals surface area contributed by atoms with Gasteiger partial charge in [0.25, 0.3) is 5.91 Å². The third-order valence-electron chi connectivity index (χ3n) is 3.15. The monoisotopic (exact) mass is 354 g/mol. The summed E-state index contributed by atoms with van der Waals surface area (Å²) in [6, 6.07) is 16.2. The molecule has 0 aliphatic rings. The topological polar surface area (TPSA) is 109 Å². The number of amides is 1. The van der Waals surface area contributed by atoms with Crippen LogP contribution in [0.5, 0.6) is 5.75 Å². The van der Waals surface area contributed by atoms with Crippen molar-refractivity contribution in [3.63, 3.8) is 0 Å². The lowest BCUT2D eigenvalue weighted by atomic mass is 10.2. The molecule has 0 spiro atoms. The van der Waals surface area contributed by atoms with Gasteiger partial charge in [0, 0.05) is 11.8 Å². The number of rotatable bonds is 8. The largest absolute Gasteiger partial charge is 0.597 e. The summed E-state index contributed by atoms with van der Waals surface area (Å²) >= 11 is 0. The molecule has 134 valence electrons. The van der Waals surface area contributed by atoms with Crippen LogP contribution in [-0.2, 0) is 11.3 Å². The minimum Gasteiger partial charge on any atom is -0.597 e. The zero-order valence-electron chi connectivity index (χ0n) is 13.9. The maximum absolute atomic E-state index is 11.6. The van der Waals surface area contributed by atoms with E-state index >= 15 is 0 Å². The highest BCUT2D eigenvalue weighted by Crippen LogP contribution is 2.12. The van der Waals surface area contributed by atoms with E-state index in [1.54, 1.807) is 30.3 Å². The first kappa shape index (κ1) is 18.7. The van der Waals surface area contributed by atoms with Gasteiger partial charge in [-0.2, -0.15) is 5.10 Å². The van der Waals surface area contributed by atoms with Crippen molar-refractivity contribution in [1.82, 2.24) is 5.43 Å². The minimum atomic E-state index is -0.400. The Labute approximate surface area is 150 Å². The molecular weight excluding hydrogens is 336 g/mol. The Morgan fingerprint density at radius 2 is 1.92 bits per heavy atom. The summed E-state index contributed by atoms with van der Waals surface area (Å²) < 4.78 is 5.31. The molecule has 1 amide bonds. The zero-order chi connectivity index (χ0) is 18.6. The van der Waals surface area contributed by atoms with Gasteiger partial charge in [-0.05, 0) is 35.9 Å². The second-order valence-corrected chi connectivity index (χ2v) is 5.12. The van der Waals surface area contributed by atoms with Crippen LogP contribution in [0.4, 0.5) is 0 Å². The smallest absolute Gasteiger partial charge is 0.277 e. The lowest BCUT2D eigenvalue weighted by molar-refractivity contribution is -0.570. The normalized spacial score (nSPS) is 11.8. The predicted octanol–water partition coefficient (Wildman–Crippen LogP) is 2.73. The standard InChI is InChI=1S/C18H18N4O4/c23-18(20-19-12-4-7-15-5-2-1-3-6-15)14-26-17-10-8-16(9-11-17)13-22(25)21-24/h1-12,24H,13-14H2,(H,20,23)/b7-4+,19-12+,22-21?. The number of ether oxygens (including phenoxy) is 1. The highest BCUT2D eigenvalue weighted by atomic mass is 16.6. The molecule has 0 aromatic heterocycles. The van der Waals surface area contributed by atoms with E-state index in [1.165, 1.54) is 6.21 Å². The number of nitrogens with zero attached hydrogens (tertiary/aromatic N) is 3. The van der Waals surface area contributed by atoms with Crippen molar-refractivity contribution in [2.45, 2.75) is 6.54 Å². The molecule has 0 atom stereocenters. The number of hydrogen-bond acceptors (Lipinski definition) is 5. The van der Waals surface area contributed by atoms with Crippen LogP contribution in [0.1, 0.15) is 11.1 Å². The number of benzene rings is 2. The Kier molecular flexibility index (Phi) is 7.35. The number of nitrogens with one attached hydrogen (secondary N) is 1. The van der Waals surface area contributed by atoms with Crippen molar-refractivity contribution >= 4 is 18.2 Å². The molecule has 0 bridgehead atoms. The summed E-state index contributed by atoms with van der Waals surface area (Å²) in [5.41, 5.74) is 4.03. The summed E-state index contributed by atoms with van der Waals surface area (Å²) in [5, 5.41) is 25.5. The Hall–Kier alpha value is -3.68. The average molecular weight is 354 g/mol. The third-order valence-corrected chi connectivity index (χ3v) is 3.15. The first-order valence-corrected chi connectivity index (χ1v) is 7.72. The third kappa shape index (κ3) is 6.83. The van der Waals surface area contributed by atoms with Gasteiger partial charge >= 0.3 is 0 Å². The number of carbonyl (C=O) groups is 1. The second kappa shape index (κ2) is 10.2. The molecule has 0 heterocycles. The van der Waals surface area contributed by atoms with E-state index in [1.807, 2.05) is 36.4 Å². The predicted molar refractivity (Wildman–Crippen MR) is 95.6 cm³/mol. The molecule has 0 saturated heterocycles. The van der Waals surface area contributed by atoms with Crippen molar-refractivity contribution in [3.05, 3.63) is 77.0 Å². The summed E-state index contributed by atoms with van der Waals surface area (Å²) in [6.45, 7) is -0.277. The molecule has 0 saturated carbocycles. The molecule has 0 fully saturated rings. The van der Waals surface area contributed by atoms with Crippen LogP contribution in [0.15, 0.2) is 71.1 Å². The van der Waals surface area contributed by atoms with Crippen LogP contribution < -0.4 is 10.2 Å².